The van der Waals surface area contributed by atoms with Crippen LogP contribution in [0.5, 0.6) is 0 Å². The molecule has 1 radical (unpaired) electrons. The van der Waals surface area contributed by atoms with Gasteiger partial charge in [0, 0.05) is 39.8 Å². The van der Waals surface area contributed by atoms with E-state index in [1.54, 1.807) is 5.01 Å². The monoisotopic (exact) mass is 224 g/mol. The van der Waals surface area contributed by atoms with Crippen LogP contribution in [0.15, 0.2) is 30.0 Å². The van der Waals surface area contributed by atoms with Crippen LogP contribution in [0.25, 0.3) is 0 Å². The number of hydrogen-bond donors (Lipinski definition) is 1. The molecular formula is C8H11N2Y-. The molecular weight excluding hydrogens is 213 g/mol. The second-order valence-electron chi connectivity index (χ2n) is 2.18. The van der Waals surface area contributed by atoms with Crippen LogP contribution in [0.3, 0.4) is 0 Å². The molecule has 0 aromatic carbocycles. The fourth-order valence-corrected chi connectivity index (χ4v) is 0.781. The molecule has 0 saturated carbocycles. The summed E-state index contributed by atoms with van der Waals surface area (Å²) >= 11 is 0. The Hall–Kier alpha value is 0.0839. The number of hydrogen-bond acceptors (Lipinski definition) is 2. The average Bonchev–Trinajstić information content (AvgIpc) is 1.94. The maximum atomic E-state index is 3.80. The third kappa shape index (κ3) is 2.90. The second-order valence-corrected chi connectivity index (χ2v) is 2.18. The van der Waals surface area contributed by atoms with Gasteiger partial charge in [0.15, 0.2) is 0 Å². The number of hydrazine groups is 1. The Bertz CT molecular complexity index is 206. The van der Waals surface area contributed by atoms with Gasteiger partial charge in [0.05, 0.1) is 0 Å². The Morgan fingerprint density at radius 2 is 2.18 bits per heavy atom. The van der Waals surface area contributed by atoms with Gasteiger partial charge in [0.1, 0.15) is 0 Å². The maximum absolute atomic E-state index is 3.80. The third-order valence-electron chi connectivity index (χ3n) is 1.32. The normalized spacial score (nSPS) is 16.0. The van der Waals surface area contributed by atoms with Crippen molar-refractivity contribution in [3.05, 3.63) is 36.2 Å². The van der Waals surface area contributed by atoms with Gasteiger partial charge >= 0.3 is 0 Å². The second kappa shape index (κ2) is 4.86. The molecule has 11 heavy (non-hydrogen) atoms. The largest absolute Gasteiger partial charge is 0.393 e. The van der Waals surface area contributed by atoms with Crippen LogP contribution in [-0.4, -0.2) is 12.1 Å². The number of allylic oxidation sites excluding steroid dienone is 3. The summed E-state index contributed by atoms with van der Waals surface area (Å²) in [6.07, 6.45) is 7.00. The molecule has 1 heterocycles. The van der Waals surface area contributed by atoms with Crippen molar-refractivity contribution in [1.82, 2.24) is 10.4 Å². The molecule has 57 valence electrons. The maximum Gasteiger partial charge on any atom is 0.00178 e. The van der Waals surface area contributed by atoms with Crippen LogP contribution in [0.1, 0.15) is 6.92 Å². The predicted molar refractivity (Wildman–Crippen MR) is 41.6 cm³/mol. The molecule has 0 amide bonds. The summed E-state index contributed by atoms with van der Waals surface area (Å²) in [5.74, 6) is 0. The zero-order valence-corrected chi connectivity index (χ0v) is 9.72. The van der Waals surface area contributed by atoms with Crippen LogP contribution in [0, 0.1) is 6.20 Å². The zero-order chi connectivity index (χ0) is 7.56. The molecule has 0 aliphatic carbocycles. The minimum absolute atomic E-state index is 0. The minimum Gasteiger partial charge on any atom is -0.393 e. The first-order valence-electron chi connectivity index (χ1n) is 3.19. The molecule has 0 bridgehead atoms. The summed E-state index contributed by atoms with van der Waals surface area (Å²) in [6.45, 7) is 5.80. The van der Waals surface area contributed by atoms with Gasteiger partial charge in [0.25, 0.3) is 0 Å². The van der Waals surface area contributed by atoms with E-state index in [-0.39, 0.29) is 32.7 Å². The molecule has 3 heteroatoms. The molecule has 0 aromatic heterocycles. The Morgan fingerprint density at radius 1 is 1.55 bits per heavy atom. The van der Waals surface area contributed by atoms with E-state index < -0.39 is 0 Å². The van der Waals surface area contributed by atoms with E-state index in [4.69, 9.17) is 0 Å². The topological polar surface area (TPSA) is 15.3 Å². The van der Waals surface area contributed by atoms with Crippen molar-refractivity contribution in [2.45, 2.75) is 6.92 Å². The molecule has 0 fully saturated rings. The number of nitrogens with one attached hydrogen (secondary N) is 1. The van der Waals surface area contributed by atoms with Crippen molar-refractivity contribution in [3.8, 4) is 0 Å². The van der Waals surface area contributed by atoms with Gasteiger partial charge in [-0.1, -0.05) is 18.8 Å². The van der Waals surface area contributed by atoms with E-state index in [0.717, 1.165) is 11.3 Å². The summed E-state index contributed by atoms with van der Waals surface area (Å²) in [5.41, 5.74) is 4.94. The molecule has 0 unspecified atom stereocenters. The Balaban J connectivity index is 0.000001000. The SMILES string of the molecule is C=C1C=CC(C)=[C-]N1NC.[Y]. The smallest absolute Gasteiger partial charge is 0.00178 e. The van der Waals surface area contributed by atoms with Crippen LogP contribution in [0.2, 0.25) is 0 Å². The van der Waals surface area contributed by atoms with Crippen molar-refractivity contribution in [1.29, 1.82) is 0 Å². The van der Waals surface area contributed by atoms with Crippen LogP contribution in [0.4, 0.5) is 0 Å². The average molecular weight is 224 g/mol. The summed E-state index contributed by atoms with van der Waals surface area (Å²) < 4.78 is 0. The molecule has 2 nitrogen and oxygen atoms in total. The van der Waals surface area contributed by atoms with E-state index >= 15 is 0 Å². The molecule has 0 atom stereocenters. The fourth-order valence-electron chi connectivity index (χ4n) is 0.781. The van der Waals surface area contributed by atoms with Gasteiger partial charge in [-0.05, 0) is 0 Å². The van der Waals surface area contributed by atoms with Gasteiger partial charge in [-0.2, -0.15) is 6.08 Å². The number of nitrogens with zero attached hydrogens (tertiary/aromatic N) is 1. The molecule has 1 N–H and O–H groups in total. The summed E-state index contributed by atoms with van der Waals surface area (Å²) in [6, 6.07) is 0. The first-order chi connectivity index (χ1) is 4.74. The zero-order valence-electron chi connectivity index (χ0n) is 6.89. The van der Waals surface area contributed by atoms with Crippen molar-refractivity contribution >= 4 is 0 Å². The Morgan fingerprint density at radius 3 is 2.64 bits per heavy atom. The molecule has 0 saturated heterocycles. The van der Waals surface area contributed by atoms with E-state index in [9.17, 15) is 0 Å². The predicted octanol–water partition coefficient (Wildman–Crippen LogP) is 1.21. The molecule has 0 aromatic rings. The molecule has 1 aliphatic heterocycles. The van der Waals surface area contributed by atoms with Crippen LogP contribution < -0.4 is 5.43 Å². The standard InChI is InChI=1S/C8H11N2.Y/c1-7-4-5-8(2)10(6-7)9-3;/h4-5,9H,2H2,1,3H3;/q-1;. The quantitative estimate of drug-likeness (QED) is 0.673. The van der Waals surface area contributed by atoms with Crippen molar-refractivity contribution in [2.24, 2.45) is 0 Å². The molecule has 1 rings (SSSR count). The third-order valence-corrected chi connectivity index (χ3v) is 1.32. The van der Waals surface area contributed by atoms with Crippen LogP contribution in [-0.2, 0) is 32.7 Å². The van der Waals surface area contributed by atoms with Crippen LogP contribution >= 0.6 is 0 Å². The van der Waals surface area contributed by atoms with Gasteiger partial charge in [-0.25, -0.2) is 0 Å². The molecule has 1 aliphatic rings. The van der Waals surface area contributed by atoms with Gasteiger partial charge in [0.2, 0.25) is 0 Å². The van der Waals surface area contributed by atoms with E-state index in [0.29, 0.717) is 0 Å². The summed E-state index contributed by atoms with van der Waals surface area (Å²) in [7, 11) is 1.84. The van der Waals surface area contributed by atoms with Gasteiger partial charge in [-0.3, -0.25) is 5.43 Å². The minimum atomic E-state index is 0. The van der Waals surface area contributed by atoms with Gasteiger partial charge in [-0.15, -0.1) is 18.2 Å². The van der Waals surface area contributed by atoms with Crippen molar-refractivity contribution in [3.63, 3.8) is 0 Å². The van der Waals surface area contributed by atoms with Crippen molar-refractivity contribution in [2.75, 3.05) is 7.05 Å². The Labute approximate surface area is 92.9 Å². The van der Waals surface area contributed by atoms with E-state index in [1.807, 2.05) is 26.1 Å². The van der Waals surface area contributed by atoms with Crippen molar-refractivity contribution < 1.29 is 32.7 Å². The van der Waals surface area contributed by atoms with Gasteiger partial charge < -0.3 is 5.01 Å². The fraction of sp³-hybridized carbons (Fsp3) is 0.250. The first-order valence-corrected chi connectivity index (χ1v) is 3.19. The first kappa shape index (κ1) is 11.1. The number of rotatable bonds is 1. The summed E-state index contributed by atoms with van der Waals surface area (Å²) in [4.78, 5) is 0. The Kier molecular flexibility index (Phi) is 4.90. The van der Waals surface area contributed by atoms with E-state index in [2.05, 4.69) is 18.2 Å². The summed E-state index contributed by atoms with van der Waals surface area (Å²) in [5, 5.41) is 1.76. The molecule has 0 spiro atoms. The van der Waals surface area contributed by atoms with E-state index in [1.165, 1.54) is 0 Å².